The van der Waals surface area contributed by atoms with Crippen molar-refractivity contribution in [3.63, 3.8) is 0 Å². The lowest BCUT2D eigenvalue weighted by Gasteiger charge is -2.19. The number of rotatable bonds is 5. The maximum atomic E-state index is 12.4. The van der Waals surface area contributed by atoms with Crippen LogP contribution in [0.4, 0.5) is 0 Å². The summed E-state index contributed by atoms with van der Waals surface area (Å²) in [6.45, 7) is 2.49. The van der Waals surface area contributed by atoms with Crippen LogP contribution in [0.5, 0.6) is 11.5 Å². The Bertz CT molecular complexity index is 876. The predicted octanol–water partition coefficient (Wildman–Crippen LogP) is 2.14. The van der Waals surface area contributed by atoms with Gasteiger partial charge in [-0.05, 0) is 36.8 Å². The first-order valence-electron chi connectivity index (χ1n) is 7.45. The lowest BCUT2D eigenvalue weighted by Crippen LogP contribution is -2.23. The lowest BCUT2D eigenvalue weighted by atomic mass is 10.2. The average Bonchev–Trinajstić information content (AvgIpc) is 2.60. The van der Waals surface area contributed by atoms with Crippen LogP contribution >= 0.6 is 0 Å². The number of hydrogen-bond donors (Lipinski definition) is 1. The van der Waals surface area contributed by atoms with Crippen molar-refractivity contribution >= 4 is 15.8 Å². The van der Waals surface area contributed by atoms with E-state index < -0.39 is 10.0 Å². The highest BCUT2D eigenvalue weighted by molar-refractivity contribution is 7.89. The number of sulfonamides is 1. The van der Waals surface area contributed by atoms with Crippen LogP contribution in [0.1, 0.15) is 22.8 Å². The van der Waals surface area contributed by atoms with Crippen LogP contribution in [-0.4, -0.2) is 27.4 Å². The van der Waals surface area contributed by atoms with Gasteiger partial charge in [-0.1, -0.05) is 18.2 Å². The van der Waals surface area contributed by atoms with Gasteiger partial charge < -0.3 is 9.47 Å². The van der Waals surface area contributed by atoms with Crippen LogP contribution in [0.2, 0.25) is 0 Å². The van der Waals surface area contributed by atoms with Gasteiger partial charge in [0.2, 0.25) is 10.0 Å². The molecule has 2 aromatic rings. The highest BCUT2D eigenvalue weighted by Crippen LogP contribution is 2.30. The molecule has 0 aliphatic carbocycles. The van der Waals surface area contributed by atoms with Crippen LogP contribution < -0.4 is 14.2 Å². The number of fused-ring (bicyclic) bond motifs is 1. The molecule has 126 valence electrons. The Balaban J connectivity index is 1.76. The number of Topliss-reactive ketones (excluding diaryl/α,β-unsaturated/α-hetero) is 1. The number of ether oxygens (including phenoxy) is 2. The molecule has 0 radical (unpaired) electrons. The third-order valence-electron chi connectivity index (χ3n) is 3.62. The summed E-state index contributed by atoms with van der Waals surface area (Å²) in [5.41, 5.74) is 1.11. The van der Waals surface area contributed by atoms with E-state index in [4.69, 9.17) is 9.47 Å². The molecule has 1 heterocycles. The minimum atomic E-state index is -3.71. The number of nitrogens with one attached hydrogen (secondary N) is 1. The van der Waals surface area contributed by atoms with E-state index in [0.29, 0.717) is 30.3 Å². The number of carbonyl (C=O) groups is 1. The molecule has 0 bridgehead atoms. The molecule has 1 aliphatic heterocycles. The van der Waals surface area contributed by atoms with Crippen molar-refractivity contribution in [3.8, 4) is 11.5 Å². The maximum Gasteiger partial charge on any atom is 0.240 e. The monoisotopic (exact) mass is 347 g/mol. The zero-order valence-electron chi connectivity index (χ0n) is 13.1. The molecule has 7 heteroatoms. The van der Waals surface area contributed by atoms with Crippen molar-refractivity contribution < 1.29 is 22.7 Å². The third kappa shape index (κ3) is 3.58. The predicted molar refractivity (Wildman–Crippen MR) is 87.9 cm³/mol. The van der Waals surface area contributed by atoms with Crippen molar-refractivity contribution in [2.75, 3.05) is 13.2 Å². The van der Waals surface area contributed by atoms with Crippen LogP contribution in [0.25, 0.3) is 0 Å². The van der Waals surface area contributed by atoms with E-state index >= 15 is 0 Å². The number of carbonyl (C=O) groups excluding carboxylic acids is 1. The first kappa shape index (κ1) is 16.5. The molecule has 0 fully saturated rings. The second-order valence-electron chi connectivity index (χ2n) is 5.39. The summed E-state index contributed by atoms with van der Waals surface area (Å²) in [4.78, 5) is 11.5. The van der Waals surface area contributed by atoms with Crippen LogP contribution in [0.15, 0.2) is 47.4 Å². The highest BCUT2D eigenvalue weighted by atomic mass is 32.2. The SMILES string of the molecule is CC(=O)c1cccc(S(=O)(=O)NCc2ccc3c(c2)OCCO3)c1. The first-order chi connectivity index (χ1) is 11.5. The summed E-state index contributed by atoms with van der Waals surface area (Å²) in [5, 5.41) is 0. The molecule has 0 saturated carbocycles. The summed E-state index contributed by atoms with van der Waals surface area (Å²) < 4.78 is 38.2. The zero-order valence-corrected chi connectivity index (χ0v) is 13.9. The molecule has 0 unspecified atom stereocenters. The van der Waals surface area contributed by atoms with E-state index in [1.807, 2.05) is 0 Å². The van der Waals surface area contributed by atoms with E-state index in [0.717, 1.165) is 5.56 Å². The Morgan fingerprint density at radius 3 is 2.58 bits per heavy atom. The van der Waals surface area contributed by atoms with Gasteiger partial charge in [0.15, 0.2) is 17.3 Å². The summed E-state index contributed by atoms with van der Waals surface area (Å²) in [6, 6.07) is 11.3. The summed E-state index contributed by atoms with van der Waals surface area (Å²) in [5.74, 6) is 1.08. The van der Waals surface area contributed by atoms with Crippen molar-refractivity contribution in [1.82, 2.24) is 4.72 Å². The standard InChI is InChI=1S/C17H17NO5S/c1-12(19)14-3-2-4-15(10-14)24(20,21)18-11-13-5-6-16-17(9-13)23-8-7-22-16/h2-6,9-10,18H,7-8,11H2,1H3. The Hall–Kier alpha value is -2.38. The normalized spacial score (nSPS) is 13.5. The second kappa shape index (κ2) is 6.62. The van der Waals surface area contributed by atoms with Crippen molar-refractivity contribution in [3.05, 3.63) is 53.6 Å². The minimum Gasteiger partial charge on any atom is -0.486 e. The van der Waals surface area contributed by atoms with E-state index in [9.17, 15) is 13.2 Å². The average molecular weight is 347 g/mol. The van der Waals surface area contributed by atoms with Gasteiger partial charge in [0.25, 0.3) is 0 Å². The molecule has 0 aromatic heterocycles. The molecule has 2 aromatic carbocycles. The molecule has 0 saturated heterocycles. The molecule has 24 heavy (non-hydrogen) atoms. The van der Waals surface area contributed by atoms with Crippen molar-refractivity contribution in [2.24, 2.45) is 0 Å². The Morgan fingerprint density at radius 2 is 1.83 bits per heavy atom. The fourth-order valence-corrected chi connectivity index (χ4v) is 3.40. The summed E-state index contributed by atoms with van der Waals surface area (Å²) in [7, 11) is -3.71. The van der Waals surface area contributed by atoms with Gasteiger partial charge in [-0.2, -0.15) is 0 Å². The van der Waals surface area contributed by atoms with Crippen LogP contribution in [0, 0.1) is 0 Å². The van der Waals surface area contributed by atoms with Gasteiger partial charge in [0.1, 0.15) is 13.2 Å². The van der Waals surface area contributed by atoms with Gasteiger partial charge in [0.05, 0.1) is 4.90 Å². The molecule has 0 amide bonds. The highest BCUT2D eigenvalue weighted by Gasteiger charge is 2.16. The second-order valence-corrected chi connectivity index (χ2v) is 7.15. The van der Waals surface area contributed by atoms with E-state index in [2.05, 4.69) is 4.72 Å². The van der Waals surface area contributed by atoms with E-state index in [-0.39, 0.29) is 17.2 Å². The topological polar surface area (TPSA) is 81.7 Å². The fraction of sp³-hybridized carbons (Fsp3) is 0.235. The molecule has 0 spiro atoms. The molecule has 0 atom stereocenters. The maximum absolute atomic E-state index is 12.4. The fourth-order valence-electron chi connectivity index (χ4n) is 2.34. The summed E-state index contributed by atoms with van der Waals surface area (Å²) in [6.07, 6.45) is 0. The quantitative estimate of drug-likeness (QED) is 0.838. The Labute approximate surface area is 140 Å². The molecular formula is C17H17NO5S. The third-order valence-corrected chi connectivity index (χ3v) is 5.02. The number of benzene rings is 2. The van der Waals surface area contributed by atoms with Crippen LogP contribution in [0.3, 0.4) is 0 Å². The molecule has 1 N–H and O–H groups in total. The Morgan fingerprint density at radius 1 is 1.08 bits per heavy atom. The van der Waals surface area contributed by atoms with Crippen LogP contribution in [-0.2, 0) is 16.6 Å². The van der Waals surface area contributed by atoms with E-state index in [1.165, 1.54) is 19.1 Å². The zero-order chi connectivity index (χ0) is 17.2. The lowest BCUT2D eigenvalue weighted by molar-refractivity contribution is 0.101. The number of ketones is 1. The minimum absolute atomic E-state index is 0.0627. The van der Waals surface area contributed by atoms with Gasteiger partial charge >= 0.3 is 0 Å². The van der Waals surface area contributed by atoms with Crippen molar-refractivity contribution in [2.45, 2.75) is 18.4 Å². The van der Waals surface area contributed by atoms with E-state index in [1.54, 1.807) is 30.3 Å². The summed E-state index contributed by atoms with van der Waals surface area (Å²) >= 11 is 0. The van der Waals surface area contributed by atoms with Gasteiger partial charge in [-0.15, -0.1) is 0 Å². The van der Waals surface area contributed by atoms with Gasteiger partial charge in [-0.3, -0.25) is 4.79 Å². The molecule has 1 aliphatic rings. The van der Waals surface area contributed by atoms with Gasteiger partial charge in [-0.25, -0.2) is 13.1 Å². The molecule has 3 rings (SSSR count). The first-order valence-corrected chi connectivity index (χ1v) is 8.93. The van der Waals surface area contributed by atoms with Gasteiger partial charge in [0, 0.05) is 12.1 Å². The van der Waals surface area contributed by atoms with Crippen molar-refractivity contribution in [1.29, 1.82) is 0 Å². The number of hydrogen-bond acceptors (Lipinski definition) is 5. The largest absolute Gasteiger partial charge is 0.486 e. The Kier molecular flexibility index (Phi) is 4.55. The molecule has 6 nitrogen and oxygen atoms in total. The molecular weight excluding hydrogens is 330 g/mol. The smallest absolute Gasteiger partial charge is 0.240 e.